The van der Waals surface area contributed by atoms with E-state index in [1.165, 1.54) is 6.92 Å². The summed E-state index contributed by atoms with van der Waals surface area (Å²) in [6, 6.07) is 1.31. The number of nitrogens with zero attached hydrogens (tertiary/aromatic N) is 1. The lowest BCUT2D eigenvalue weighted by Gasteiger charge is -2.57. The molecule has 1 N–H and O–H groups in total. The number of piperidine rings is 1. The normalized spacial score (nSPS) is 26.7. The number of allylic oxidation sites excluding steroid dienone is 3. The number of rotatable bonds is 9. The van der Waals surface area contributed by atoms with Gasteiger partial charge in [-0.1, -0.05) is 30.9 Å². The first-order valence-corrected chi connectivity index (χ1v) is 14.5. The SMILES string of the molecule is C=C(/C=C\C=C/C)[C@]1(CO[C@H](C)c2cc(C(F)(F)F)cc(C(F)(F)F)c2)CC[C@]2(CS(C)(=O)=O)CN1CC(=O)N2. The highest BCUT2D eigenvalue weighted by Crippen LogP contribution is 2.43. The van der Waals surface area contributed by atoms with Crippen molar-refractivity contribution in [1.82, 2.24) is 10.2 Å². The number of carbonyl (C=O) groups excluding carboxylic acids is 1. The lowest BCUT2D eigenvalue weighted by atomic mass is 9.73. The van der Waals surface area contributed by atoms with Crippen molar-refractivity contribution in [2.24, 2.45) is 0 Å². The van der Waals surface area contributed by atoms with E-state index in [2.05, 4.69) is 11.9 Å². The van der Waals surface area contributed by atoms with E-state index in [1.807, 2.05) is 0 Å². The van der Waals surface area contributed by atoms with Crippen molar-refractivity contribution in [3.63, 3.8) is 0 Å². The van der Waals surface area contributed by atoms with Crippen molar-refractivity contribution in [3.05, 3.63) is 71.3 Å². The number of carbonyl (C=O) groups is 1. The monoisotopic (exact) mass is 594 g/mol. The third kappa shape index (κ3) is 7.35. The van der Waals surface area contributed by atoms with Crippen LogP contribution in [0.15, 0.2) is 54.7 Å². The van der Waals surface area contributed by atoms with Crippen molar-refractivity contribution in [2.75, 3.05) is 31.7 Å². The zero-order valence-electron chi connectivity index (χ0n) is 22.3. The van der Waals surface area contributed by atoms with Crippen LogP contribution in [0.25, 0.3) is 0 Å². The molecular formula is C27H32F6N2O4S. The summed E-state index contributed by atoms with van der Waals surface area (Å²) in [5.41, 5.74) is -4.83. The van der Waals surface area contributed by atoms with Crippen LogP contribution < -0.4 is 5.32 Å². The molecule has 1 aromatic carbocycles. The smallest absolute Gasteiger partial charge is 0.372 e. The zero-order valence-corrected chi connectivity index (χ0v) is 23.1. The Bertz CT molecular complexity index is 1270. The van der Waals surface area contributed by atoms with Crippen molar-refractivity contribution in [3.8, 4) is 0 Å². The van der Waals surface area contributed by atoms with Gasteiger partial charge in [-0.2, -0.15) is 26.3 Å². The first kappa shape index (κ1) is 31.9. The van der Waals surface area contributed by atoms with Crippen LogP contribution in [0.5, 0.6) is 0 Å². The number of piperazine rings is 1. The van der Waals surface area contributed by atoms with Crippen LogP contribution in [0.3, 0.4) is 0 Å². The number of nitrogens with one attached hydrogen (secondary N) is 1. The van der Waals surface area contributed by atoms with E-state index in [0.717, 1.165) is 6.26 Å². The molecule has 13 heteroatoms. The number of benzene rings is 1. The number of ether oxygens (including phenoxy) is 1. The van der Waals surface area contributed by atoms with Crippen LogP contribution in [0, 0.1) is 0 Å². The van der Waals surface area contributed by atoms with Gasteiger partial charge in [0.2, 0.25) is 5.91 Å². The van der Waals surface area contributed by atoms with Crippen LogP contribution in [0.1, 0.15) is 49.5 Å². The molecule has 2 aliphatic rings. The van der Waals surface area contributed by atoms with E-state index in [1.54, 1.807) is 36.1 Å². The van der Waals surface area contributed by atoms with Gasteiger partial charge in [0, 0.05) is 12.8 Å². The predicted octanol–water partition coefficient (Wildman–Crippen LogP) is 5.24. The van der Waals surface area contributed by atoms with Gasteiger partial charge in [0.15, 0.2) is 0 Å². The molecule has 2 saturated heterocycles. The first-order chi connectivity index (χ1) is 18.3. The molecule has 0 radical (unpaired) electrons. The van der Waals surface area contributed by atoms with Gasteiger partial charge in [-0.15, -0.1) is 0 Å². The number of amides is 1. The van der Waals surface area contributed by atoms with Gasteiger partial charge < -0.3 is 10.1 Å². The Morgan fingerprint density at radius 2 is 1.73 bits per heavy atom. The minimum Gasteiger partial charge on any atom is -0.372 e. The Morgan fingerprint density at radius 1 is 1.12 bits per heavy atom. The van der Waals surface area contributed by atoms with Crippen LogP contribution >= 0.6 is 0 Å². The molecule has 3 rings (SSSR count). The van der Waals surface area contributed by atoms with Gasteiger partial charge in [0.05, 0.1) is 47.2 Å². The highest BCUT2D eigenvalue weighted by Gasteiger charge is 2.54. The lowest BCUT2D eigenvalue weighted by molar-refractivity contribution is -0.143. The lowest BCUT2D eigenvalue weighted by Crippen LogP contribution is -2.74. The summed E-state index contributed by atoms with van der Waals surface area (Å²) in [7, 11) is -3.48. The molecule has 40 heavy (non-hydrogen) atoms. The molecule has 1 amide bonds. The topological polar surface area (TPSA) is 75.7 Å². The molecule has 1 unspecified atom stereocenters. The number of halogens is 6. The second kappa shape index (κ2) is 11.3. The van der Waals surface area contributed by atoms with Crippen LogP contribution in [0.2, 0.25) is 0 Å². The van der Waals surface area contributed by atoms with Gasteiger partial charge in [-0.05, 0) is 56.0 Å². The average Bonchev–Trinajstić information content (AvgIpc) is 2.81. The van der Waals surface area contributed by atoms with Crippen molar-refractivity contribution >= 4 is 15.7 Å². The Balaban J connectivity index is 1.98. The third-order valence-corrected chi connectivity index (χ3v) is 8.32. The molecule has 0 saturated carbocycles. The minimum absolute atomic E-state index is 0.0560. The summed E-state index contributed by atoms with van der Waals surface area (Å²) in [5.74, 6) is -0.703. The fraction of sp³-hybridized carbons (Fsp3) is 0.519. The van der Waals surface area contributed by atoms with E-state index in [0.29, 0.717) is 17.7 Å². The van der Waals surface area contributed by atoms with Crippen molar-refractivity contribution in [2.45, 2.75) is 56.2 Å². The van der Waals surface area contributed by atoms with E-state index >= 15 is 0 Å². The number of hydrogen-bond donors (Lipinski definition) is 1. The van der Waals surface area contributed by atoms with Crippen LogP contribution in [-0.2, 0) is 31.7 Å². The summed E-state index contributed by atoms with van der Waals surface area (Å²) in [6.45, 7) is 7.09. The van der Waals surface area contributed by atoms with E-state index < -0.39 is 56.4 Å². The summed E-state index contributed by atoms with van der Waals surface area (Å²) in [6.07, 6.45) is -2.71. The highest BCUT2D eigenvalue weighted by atomic mass is 32.2. The number of hydrogen-bond acceptors (Lipinski definition) is 5. The first-order valence-electron chi connectivity index (χ1n) is 12.4. The summed E-state index contributed by atoms with van der Waals surface area (Å²) < 4.78 is 111. The molecule has 1 aromatic rings. The molecule has 2 fully saturated rings. The quantitative estimate of drug-likeness (QED) is 0.313. The standard InChI is InChI=1S/C27H32F6N2O4S/c1-5-6-7-8-18(2)25(10-9-24(17-40(4,37)38)15-35(25)14-23(36)34-24)16-39-19(3)20-11-21(26(28,29)30)13-22(12-20)27(31,32)33/h5-8,11-13,19H,2,9-10,14-17H2,1,3-4H3,(H,34,36)/b6-5-,8-7-/t19-,24-,25-/m1/s1. The molecule has 4 atom stereocenters. The summed E-state index contributed by atoms with van der Waals surface area (Å²) in [4.78, 5) is 14.4. The number of alkyl halides is 6. The van der Waals surface area contributed by atoms with Crippen molar-refractivity contribution < 1.29 is 44.3 Å². The van der Waals surface area contributed by atoms with E-state index in [-0.39, 0.29) is 49.9 Å². The van der Waals surface area contributed by atoms with E-state index in [4.69, 9.17) is 4.74 Å². The fourth-order valence-corrected chi connectivity index (χ4v) is 6.62. The van der Waals surface area contributed by atoms with Crippen LogP contribution in [-0.4, -0.2) is 62.0 Å². The summed E-state index contributed by atoms with van der Waals surface area (Å²) >= 11 is 0. The van der Waals surface area contributed by atoms with Gasteiger partial charge >= 0.3 is 12.4 Å². The molecule has 6 nitrogen and oxygen atoms in total. The molecule has 2 bridgehead atoms. The summed E-state index contributed by atoms with van der Waals surface area (Å²) in [5, 5.41) is 2.81. The number of sulfone groups is 1. The molecular weight excluding hydrogens is 562 g/mol. The van der Waals surface area contributed by atoms with Gasteiger partial charge in [0.1, 0.15) is 9.84 Å². The second-order valence-electron chi connectivity index (χ2n) is 10.5. The van der Waals surface area contributed by atoms with Crippen molar-refractivity contribution in [1.29, 1.82) is 0 Å². The highest BCUT2D eigenvalue weighted by molar-refractivity contribution is 7.90. The fourth-order valence-electron chi connectivity index (χ4n) is 5.30. The second-order valence-corrected chi connectivity index (χ2v) is 12.6. The molecule has 2 heterocycles. The third-order valence-electron chi connectivity index (χ3n) is 7.24. The van der Waals surface area contributed by atoms with Gasteiger partial charge in [-0.25, -0.2) is 8.42 Å². The molecule has 2 aliphatic heterocycles. The maximum Gasteiger partial charge on any atom is 0.416 e. The van der Waals surface area contributed by atoms with E-state index in [9.17, 15) is 39.6 Å². The van der Waals surface area contributed by atoms with Gasteiger partial charge in [0.25, 0.3) is 0 Å². The molecule has 0 aliphatic carbocycles. The molecule has 0 aromatic heterocycles. The maximum absolute atomic E-state index is 13.4. The Labute approximate surface area is 229 Å². The number of fused-ring (bicyclic) bond motifs is 2. The van der Waals surface area contributed by atoms with Crippen LogP contribution in [0.4, 0.5) is 26.3 Å². The Kier molecular flexibility index (Phi) is 9.03. The average molecular weight is 595 g/mol. The molecule has 0 spiro atoms. The van der Waals surface area contributed by atoms with Gasteiger partial charge in [-0.3, -0.25) is 9.69 Å². The zero-order chi connectivity index (χ0) is 30.1. The predicted molar refractivity (Wildman–Crippen MR) is 138 cm³/mol. The molecule has 222 valence electrons. The Hall–Kier alpha value is -2.64. The minimum atomic E-state index is -5.00. The maximum atomic E-state index is 13.4. The Morgan fingerprint density at radius 3 is 2.25 bits per heavy atom. The largest absolute Gasteiger partial charge is 0.416 e.